The van der Waals surface area contributed by atoms with Crippen LogP contribution in [0.2, 0.25) is 0 Å². The first-order valence-corrected chi connectivity index (χ1v) is 10.6. The quantitative estimate of drug-likeness (QED) is 0.550. The van der Waals surface area contributed by atoms with Crippen molar-refractivity contribution in [1.82, 2.24) is 19.7 Å². The number of ether oxygens (including phenoxy) is 2. The van der Waals surface area contributed by atoms with Crippen molar-refractivity contribution in [3.8, 4) is 5.75 Å². The van der Waals surface area contributed by atoms with Gasteiger partial charge in [0.05, 0.1) is 24.5 Å². The molecule has 10 heteroatoms. The number of para-hydroxylation sites is 1. The molecule has 0 bridgehead atoms. The molecule has 0 unspecified atom stereocenters. The Kier molecular flexibility index (Phi) is 7.65. The van der Waals surface area contributed by atoms with Gasteiger partial charge in [0.1, 0.15) is 11.3 Å². The molecule has 1 aliphatic heterocycles. The van der Waals surface area contributed by atoms with Crippen LogP contribution in [0.3, 0.4) is 0 Å². The van der Waals surface area contributed by atoms with E-state index in [0.717, 1.165) is 48.8 Å². The molecule has 4 rings (SSSR count). The molecule has 1 fully saturated rings. The lowest BCUT2D eigenvalue weighted by Gasteiger charge is -2.29. The number of nitrogens with zero attached hydrogens (tertiary/aromatic N) is 5. The Balaban J connectivity index is 0.00000256. The minimum Gasteiger partial charge on any atom is -0.492 e. The van der Waals surface area contributed by atoms with Crippen LogP contribution in [0, 0.1) is 0 Å². The minimum atomic E-state index is -0.143. The Hall–Kier alpha value is -2.20. The van der Waals surface area contributed by atoms with E-state index in [1.807, 2.05) is 25.1 Å². The maximum absolute atomic E-state index is 13.3. The lowest BCUT2D eigenvalue weighted by molar-refractivity contribution is 0.0391. The predicted molar refractivity (Wildman–Crippen MR) is 120 cm³/mol. The second-order valence-electron chi connectivity index (χ2n) is 6.82. The highest BCUT2D eigenvalue weighted by atomic mass is 35.5. The van der Waals surface area contributed by atoms with E-state index < -0.39 is 0 Å². The monoisotopic (exact) mass is 451 g/mol. The third-order valence-electron chi connectivity index (χ3n) is 4.82. The number of rotatable bonds is 7. The van der Waals surface area contributed by atoms with E-state index in [4.69, 9.17) is 14.5 Å². The van der Waals surface area contributed by atoms with E-state index in [9.17, 15) is 4.79 Å². The Morgan fingerprint density at radius 3 is 2.80 bits per heavy atom. The molecule has 0 atom stereocenters. The topological polar surface area (TPSA) is 72.7 Å². The summed E-state index contributed by atoms with van der Waals surface area (Å²) in [7, 11) is 1.81. The van der Waals surface area contributed by atoms with Crippen LogP contribution in [0.25, 0.3) is 10.2 Å². The van der Waals surface area contributed by atoms with Crippen molar-refractivity contribution in [2.45, 2.75) is 6.92 Å². The number of carbonyl (C=O) groups is 1. The van der Waals surface area contributed by atoms with Crippen LogP contribution in [0.1, 0.15) is 17.4 Å². The van der Waals surface area contributed by atoms with Gasteiger partial charge in [0.15, 0.2) is 10.8 Å². The third kappa shape index (κ3) is 4.92. The third-order valence-corrected chi connectivity index (χ3v) is 5.87. The number of amides is 1. The molecule has 0 spiro atoms. The summed E-state index contributed by atoms with van der Waals surface area (Å²) in [5.41, 5.74) is 1.21. The molecule has 1 amide bonds. The maximum Gasteiger partial charge on any atom is 0.280 e. The van der Waals surface area contributed by atoms with E-state index in [1.165, 1.54) is 11.3 Å². The molecule has 0 N–H and O–H groups in total. The zero-order chi connectivity index (χ0) is 20.2. The fourth-order valence-corrected chi connectivity index (χ4v) is 4.32. The van der Waals surface area contributed by atoms with Crippen molar-refractivity contribution in [2.24, 2.45) is 7.05 Å². The number of hydrogen-bond acceptors (Lipinski definition) is 7. The minimum absolute atomic E-state index is 0. The second-order valence-corrected chi connectivity index (χ2v) is 7.83. The summed E-state index contributed by atoms with van der Waals surface area (Å²) < 4.78 is 13.8. The Bertz CT molecular complexity index is 986. The lowest BCUT2D eigenvalue weighted by Crippen LogP contribution is -2.43. The Morgan fingerprint density at radius 2 is 2.10 bits per heavy atom. The van der Waals surface area contributed by atoms with E-state index in [0.29, 0.717) is 24.0 Å². The highest BCUT2D eigenvalue weighted by molar-refractivity contribution is 7.22. The summed E-state index contributed by atoms with van der Waals surface area (Å²) in [5, 5.41) is 4.96. The van der Waals surface area contributed by atoms with Gasteiger partial charge < -0.3 is 9.47 Å². The van der Waals surface area contributed by atoms with Gasteiger partial charge in [-0.15, -0.1) is 12.4 Å². The normalized spacial score (nSPS) is 14.5. The summed E-state index contributed by atoms with van der Waals surface area (Å²) in [6.45, 7) is 7.03. The first-order chi connectivity index (χ1) is 14.2. The first-order valence-electron chi connectivity index (χ1n) is 9.79. The van der Waals surface area contributed by atoms with Crippen LogP contribution in [0.15, 0.2) is 30.5 Å². The smallest absolute Gasteiger partial charge is 0.280 e. The van der Waals surface area contributed by atoms with Crippen molar-refractivity contribution in [3.63, 3.8) is 0 Å². The van der Waals surface area contributed by atoms with Gasteiger partial charge in [-0.25, -0.2) is 4.98 Å². The van der Waals surface area contributed by atoms with Gasteiger partial charge in [-0.05, 0) is 25.1 Å². The van der Waals surface area contributed by atoms with Crippen molar-refractivity contribution < 1.29 is 14.3 Å². The van der Waals surface area contributed by atoms with Gasteiger partial charge in [-0.2, -0.15) is 5.10 Å². The second kappa shape index (κ2) is 10.2. The molecule has 162 valence electrons. The molecule has 1 saturated heterocycles. The number of halogens is 1. The van der Waals surface area contributed by atoms with Gasteiger partial charge in [-0.3, -0.25) is 19.3 Å². The number of fused-ring (bicyclic) bond motifs is 1. The average Bonchev–Trinajstić information content (AvgIpc) is 3.36. The van der Waals surface area contributed by atoms with Gasteiger partial charge >= 0.3 is 0 Å². The fourth-order valence-electron chi connectivity index (χ4n) is 3.32. The lowest BCUT2D eigenvalue weighted by atomic mass is 10.3. The number of aromatic nitrogens is 3. The molecule has 0 aliphatic carbocycles. The molecular weight excluding hydrogens is 426 g/mol. The highest BCUT2D eigenvalue weighted by Crippen LogP contribution is 2.34. The van der Waals surface area contributed by atoms with Crippen LogP contribution >= 0.6 is 23.7 Å². The van der Waals surface area contributed by atoms with Crippen molar-refractivity contribution in [2.75, 3.05) is 50.9 Å². The van der Waals surface area contributed by atoms with Crippen LogP contribution in [0.5, 0.6) is 5.75 Å². The van der Waals surface area contributed by atoms with Gasteiger partial charge in [0, 0.05) is 39.4 Å². The van der Waals surface area contributed by atoms with Gasteiger partial charge in [-0.1, -0.05) is 17.4 Å². The van der Waals surface area contributed by atoms with Crippen molar-refractivity contribution in [3.05, 3.63) is 36.2 Å². The van der Waals surface area contributed by atoms with Crippen LogP contribution < -0.4 is 9.64 Å². The van der Waals surface area contributed by atoms with E-state index in [-0.39, 0.29) is 18.3 Å². The fraction of sp³-hybridized carbons (Fsp3) is 0.450. The number of hydrogen-bond donors (Lipinski definition) is 0. The van der Waals surface area contributed by atoms with E-state index in [2.05, 4.69) is 10.00 Å². The van der Waals surface area contributed by atoms with E-state index >= 15 is 0 Å². The molecule has 0 saturated carbocycles. The van der Waals surface area contributed by atoms with E-state index in [1.54, 1.807) is 28.9 Å². The van der Waals surface area contributed by atoms with Crippen molar-refractivity contribution in [1.29, 1.82) is 0 Å². The number of benzene rings is 1. The number of carbonyl (C=O) groups excluding carboxylic acids is 1. The molecule has 0 radical (unpaired) electrons. The standard InChI is InChI=1S/C20H25N5O3S.ClH/c1-3-28-16-5-4-6-17-18(16)21-20(29-17)25(10-9-24-11-13-27-14-12-24)19(26)15-7-8-23(2)22-15;/h4-8H,3,9-14H2,1-2H3;1H. The van der Waals surface area contributed by atoms with Crippen LogP contribution in [-0.2, 0) is 11.8 Å². The molecule has 8 nitrogen and oxygen atoms in total. The predicted octanol–water partition coefficient (Wildman–Crippen LogP) is 2.83. The summed E-state index contributed by atoms with van der Waals surface area (Å²) in [6, 6.07) is 7.61. The Morgan fingerprint density at radius 1 is 1.30 bits per heavy atom. The van der Waals surface area contributed by atoms with Crippen LogP contribution in [-0.4, -0.2) is 71.6 Å². The SMILES string of the molecule is CCOc1cccc2sc(N(CCN3CCOCC3)C(=O)c3ccn(C)n3)nc12.Cl. The average molecular weight is 452 g/mol. The highest BCUT2D eigenvalue weighted by Gasteiger charge is 2.25. The maximum atomic E-state index is 13.3. The number of anilines is 1. The van der Waals surface area contributed by atoms with Gasteiger partial charge in [0.2, 0.25) is 0 Å². The zero-order valence-corrected chi connectivity index (χ0v) is 18.7. The Labute approximate surface area is 185 Å². The molecule has 3 heterocycles. The zero-order valence-electron chi connectivity index (χ0n) is 17.1. The van der Waals surface area contributed by atoms with Crippen LogP contribution in [0.4, 0.5) is 5.13 Å². The largest absolute Gasteiger partial charge is 0.492 e. The molecule has 3 aromatic rings. The molecule has 1 aliphatic rings. The molecule has 2 aromatic heterocycles. The molecular formula is C20H26ClN5O3S. The number of thiazole rings is 1. The van der Waals surface area contributed by atoms with Gasteiger partial charge in [0.25, 0.3) is 5.91 Å². The molecule has 1 aromatic carbocycles. The number of morpholine rings is 1. The van der Waals surface area contributed by atoms with Crippen molar-refractivity contribution >= 4 is 45.0 Å². The summed E-state index contributed by atoms with van der Waals surface area (Å²) in [6.07, 6.45) is 1.78. The number of aryl methyl sites for hydroxylation is 1. The first kappa shape index (κ1) is 22.5. The molecule has 30 heavy (non-hydrogen) atoms. The summed E-state index contributed by atoms with van der Waals surface area (Å²) in [5.74, 6) is 0.599. The summed E-state index contributed by atoms with van der Waals surface area (Å²) >= 11 is 1.50. The summed E-state index contributed by atoms with van der Waals surface area (Å²) in [4.78, 5) is 22.1.